The largest absolute Gasteiger partial charge is 0.326 e. The lowest BCUT2D eigenvalue weighted by atomic mass is 9.99. The molecule has 0 radical (unpaired) electrons. The molecule has 1 amide bonds. The minimum atomic E-state index is 0.0483. The van der Waals surface area contributed by atoms with Gasteiger partial charge in [0.1, 0.15) is 0 Å². The fraction of sp³-hybridized carbons (Fsp3) is 0.556. The Morgan fingerprint density at radius 1 is 1.45 bits per heavy atom. The fourth-order valence-corrected chi connectivity index (χ4v) is 2.95. The van der Waals surface area contributed by atoms with Crippen LogP contribution in [0.25, 0.3) is 0 Å². The lowest BCUT2D eigenvalue weighted by Gasteiger charge is -2.29. The SMILES string of the molecule is CC(C)c1ccccc1NC(=O)CCN1CCC[C@@H](C#N)C1. The zero-order valence-electron chi connectivity index (χ0n) is 13.5. The highest BCUT2D eigenvalue weighted by Crippen LogP contribution is 2.23. The lowest BCUT2D eigenvalue weighted by molar-refractivity contribution is -0.116. The van der Waals surface area contributed by atoms with Crippen LogP contribution in [0, 0.1) is 17.2 Å². The number of carbonyl (C=O) groups is 1. The molecule has 1 aromatic rings. The monoisotopic (exact) mass is 299 g/mol. The molecule has 0 aliphatic carbocycles. The van der Waals surface area contributed by atoms with Crippen LogP contribution in [0.3, 0.4) is 0 Å². The summed E-state index contributed by atoms with van der Waals surface area (Å²) in [4.78, 5) is 14.4. The van der Waals surface area contributed by atoms with Crippen molar-refractivity contribution in [2.75, 3.05) is 25.0 Å². The van der Waals surface area contributed by atoms with Gasteiger partial charge in [-0.05, 0) is 36.9 Å². The Hall–Kier alpha value is -1.86. The molecule has 4 nitrogen and oxygen atoms in total. The summed E-state index contributed by atoms with van der Waals surface area (Å²) in [6.45, 7) is 6.77. The average molecular weight is 299 g/mol. The predicted octanol–water partition coefficient (Wildman–Crippen LogP) is 3.37. The van der Waals surface area contributed by atoms with Gasteiger partial charge in [0.25, 0.3) is 0 Å². The average Bonchev–Trinajstić information content (AvgIpc) is 2.53. The molecule has 1 aliphatic rings. The minimum Gasteiger partial charge on any atom is -0.326 e. The van der Waals surface area contributed by atoms with Gasteiger partial charge in [-0.15, -0.1) is 0 Å². The smallest absolute Gasteiger partial charge is 0.225 e. The number of benzene rings is 1. The first-order chi connectivity index (χ1) is 10.6. The molecule has 1 saturated heterocycles. The fourth-order valence-electron chi connectivity index (χ4n) is 2.95. The van der Waals surface area contributed by atoms with Crippen molar-refractivity contribution in [1.82, 2.24) is 4.90 Å². The quantitative estimate of drug-likeness (QED) is 0.907. The highest BCUT2D eigenvalue weighted by molar-refractivity contribution is 5.91. The van der Waals surface area contributed by atoms with E-state index in [4.69, 9.17) is 5.26 Å². The van der Waals surface area contributed by atoms with Gasteiger partial charge in [0.2, 0.25) is 5.91 Å². The van der Waals surface area contributed by atoms with Gasteiger partial charge in [-0.1, -0.05) is 32.0 Å². The molecule has 1 fully saturated rings. The predicted molar refractivity (Wildman–Crippen MR) is 88.6 cm³/mol. The van der Waals surface area contributed by atoms with Crippen molar-refractivity contribution in [2.24, 2.45) is 5.92 Å². The van der Waals surface area contributed by atoms with Gasteiger partial charge in [0, 0.05) is 25.2 Å². The molecule has 1 aliphatic heterocycles. The molecule has 0 bridgehead atoms. The third kappa shape index (κ3) is 4.57. The van der Waals surface area contributed by atoms with E-state index in [2.05, 4.69) is 36.2 Å². The maximum atomic E-state index is 12.2. The van der Waals surface area contributed by atoms with E-state index in [0.717, 1.165) is 38.2 Å². The molecule has 0 spiro atoms. The van der Waals surface area contributed by atoms with E-state index in [-0.39, 0.29) is 11.8 Å². The maximum Gasteiger partial charge on any atom is 0.225 e. The summed E-state index contributed by atoms with van der Waals surface area (Å²) in [5.74, 6) is 0.556. The van der Waals surface area contributed by atoms with Gasteiger partial charge in [0.15, 0.2) is 0 Å². The third-order valence-corrected chi connectivity index (χ3v) is 4.20. The van der Waals surface area contributed by atoms with Crippen LogP contribution >= 0.6 is 0 Å². The van der Waals surface area contributed by atoms with Crippen LogP contribution in [-0.4, -0.2) is 30.4 Å². The molecule has 22 heavy (non-hydrogen) atoms. The molecule has 1 aromatic carbocycles. The van der Waals surface area contributed by atoms with Crippen LogP contribution in [0.15, 0.2) is 24.3 Å². The Labute approximate surface area is 133 Å². The molecule has 0 unspecified atom stereocenters. The summed E-state index contributed by atoms with van der Waals surface area (Å²) in [5.41, 5.74) is 2.08. The Kier molecular flexibility index (Phi) is 5.97. The van der Waals surface area contributed by atoms with Crippen molar-refractivity contribution in [3.05, 3.63) is 29.8 Å². The van der Waals surface area contributed by atoms with E-state index in [1.165, 1.54) is 5.56 Å². The second kappa shape index (κ2) is 7.95. The summed E-state index contributed by atoms with van der Waals surface area (Å²) in [6, 6.07) is 10.3. The topological polar surface area (TPSA) is 56.1 Å². The number of hydrogen-bond donors (Lipinski definition) is 1. The van der Waals surface area contributed by atoms with E-state index in [9.17, 15) is 4.79 Å². The minimum absolute atomic E-state index is 0.0483. The Balaban J connectivity index is 1.85. The van der Waals surface area contributed by atoms with Crippen molar-refractivity contribution in [1.29, 1.82) is 5.26 Å². The number of anilines is 1. The first-order valence-electron chi connectivity index (χ1n) is 8.11. The Bertz CT molecular complexity index is 548. The summed E-state index contributed by atoms with van der Waals surface area (Å²) in [6.07, 6.45) is 2.52. The van der Waals surface area contributed by atoms with Crippen LogP contribution in [0.4, 0.5) is 5.69 Å². The molecule has 1 N–H and O–H groups in total. The number of piperidine rings is 1. The number of nitrogens with zero attached hydrogens (tertiary/aromatic N) is 2. The molecule has 118 valence electrons. The summed E-state index contributed by atoms with van der Waals surface area (Å²) in [5, 5.41) is 12.0. The highest BCUT2D eigenvalue weighted by atomic mass is 16.1. The molecule has 0 saturated carbocycles. The van der Waals surface area contributed by atoms with E-state index in [1.807, 2.05) is 18.2 Å². The normalized spacial score (nSPS) is 18.9. The van der Waals surface area contributed by atoms with Gasteiger partial charge >= 0.3 is 0 Å². The number of amides is 1. The summed E-state index contributed by atoms with van der Waals surface area (Å²) < 4.78 is 0. The summed E-state index contributed by atoms with van der Waals surface area (Å²) in [7, 11) is 0. The van der Waals surface area contributed by atoms with Gasteiger partial charge in [-0.2, -0.15) is 5.26 Å². The zero-order chi connectivity index (χ0) is 15.9. The van der Waals surface area contributed by atoms with Crippen molar-refractivity contribution in [2.45, 2.75) is 39.0 Å². The molecule has 1 atom stereocenters. The standard InChI is InChI=1S/C18H25N3O/c1-14(2)16-7-3-4-8-17(16)20-18(22)9-11-21-10-5-6-15(12-19)13-21/h3-4,7-8,14-15H,5-6,9-11,13H2,1-2H3,(H,20,22)/t15-/m0/s1. The van der Waals surface area contributed by atoms with E-state index < -0.39 is 0 Å². The molecule has 0 aromatic heterocycles. The first kappa shape index (κ1) is 16.5. The molecule has 4 heteroatoms. The molecular weight excluding hydrogens is 274 g/mol. The van der Waals surface area contributed by atoms with Gasteiger partial charge < -0.3 is 10.2 Å². The van der Waals surface area contributed by atoms with Crippen LogP contribution in [0.5, 0.6) is 0 Å². The first-order valence-corrected chi connectivity index (χ1v) is 8.11. The second-order valence-electron chi connectivity index (χ2n) is 6.31. The van der Waals surface area contributed by atoms with Crippen molar-refractivity contribution >= 4 is 11.6 Å². The van der Waals surface area contributed by atoms with Crippen LogP contribution in [0.1, 0.15) is 44.6 Å². The number of nitrogens with one attached hydrogen (secondary N) is 1. The lowest BCUT2D eigenvalue weighted by Crippen LogP contribution is -2.36. The van der Waals surface area contributed by atoms with Crippen molar-refractivity contribution < 1.29 is 4.79 Å². The number of rotatable bonds is 5. The molecule has 2 rings (SSSR count). The van der Waals surface area contributed by atoms with Crippen molar-refractivity contribution in [3.63, 3.8) is 0 Å². The van der Waals surface area contributed by atoms with Gasteiger partial charge in [-0.3, -0.25) is 4.79 Å². The van der Waals surface area contributed by atoms with Crippen LogP contribution in [0.2, 0.25) is 0 Å². The Morgan fingerprint density at radius 2 is 2.23 bits per heavy atom. The maximum absolute atomic E-state index is 12.2. The number of carbonyl (C=O) groups excluding carboxylic acids is 1. The molecule has 1 heterocycles. The van der Waals surface area contributed by atoms with E-state index in [0.29, 0.717) is 12.3 Å². The zero-order valence-corrected chi connectivity index (χ0v) is 13.5. The Morgan fingerprint density at radius 3 is 2.95 bits per heavy atom. The highest BCUT2D eigenvalue weighted by Gasteiger charge is 2.19. The second-order valence-corrected chi connectivity index (χ2v) is 6.31. The van der Waals surface area contributed by atoms with Crippen molar-refractivity contribution in [3.8, 4) is 6.07 Å². The number of likely N-dealkylation sites (tertiary alicyclic amines) is 1. The van der Waals surface area contributed by atoms with Gasteiger partial charge in [-0.25, -0.2) is 0 Å². The third-order valence-electron chi connectivity index (χ3n) is 4.20. The number of nitriles is 1. The number of hydrogen-bond acceptors (Lipinski definition) is 3. The number of para-hydroxylation sites is 1. The van der Waals surface area contributed by atoms with E-state index in [1.54, 1.807) is 0 Å². The molecular formula is C18H25N3O. The summed E-state index contributed by atoms with van der Waals surface area (Å²) >= 11 is 0. The van der Waals surface area contributed by atoms with Gasteiger partial charge in [0.05, 0.1) is 12.0 Å². The van der Waals surface area contributed by atoms with Crippen LogP contribution < -0.4 is 5.32 Å². The van der Waals surface area contributed by atoms with E-state index >= 15 is 0 Å². The van der Waals surface area contributed by atoms with Crippen LogP contribution in [-0.2, 0) is 4.79 Å².